The van der Waals surface area contributed by atoms with Crippen LogP contribution in [0.25, 0.3) is 0 Å². The smallest absolute Gasteiger partial charge is 0.0633 e. The second kappa shape index (κ2) is 4.05. The highest BCUT2D eigenvalue weighted by molar-refractivity contribution is 6.67. The van der Waals surface area contributed by atoms with Crippen LogP contribution in [0.5, 0.6) is 0 Å². The number of benzene rings is 2. The van der Waals surface area contributed by atoms with Gasteiger partial charge < -0.3 is 0 Å². The quantitative estimate of drug-likeness (QED) is 0.598. The number of rotatable bonds is 2. The maximum absolute atomic E-state index is 3.28. The summed E-state index contributed by atoms with van der Waals surface area (Å²) < 4.78 is 0. The molecule has 0 aliphatic carbocycles. The van der Waals surface area contributed by atoms with Gasteiger partial charge in [-0.25, -0.2) is 0 Å². The molecule has 0 amide bonds. The maximum atomic E-state index is 3.28. The molecule has 63 valence electrons. The Morgan fingerprint density at radius 3 is 2.31 bits per heavy atom. The van der Waals surface area contributed by atoms with Crippen LogP contribution < -0.4 is 10.4 Å². The highest BCUT2D eigenvalue weighted by Crippen LogP contribution is 1.83. The fourth-order valence-electron chi connectivity index (χ4n) is 1.36. The first-order valence-electron chi connectivity index (χ1n) is 4.45. The summed E-state index contributed by atoms with van der Waals surface area (Å²) in [5.41, 5.74) is 0. The van der Waals surface area contributed by atoms with Gasteiger partial charge in [-0.15, -0.1) is 0 Å². The van der Waals surface area contributed by atoms with Gasteiger partial charge in [0.25, 0.3) is 0 Å². The molecule has 0 aliphatic rings. The molecule has 0 nitrogen and oxygen atoms in total. The molecule has 13 heavy (non-hydrogen) atoms. The summed E-state index contributed by atoms with van der Waals surface area (Å²) in [7, 11) is -0.290. The van der Waals surface area contributed by atoms with Crippen molar-refractivity contribution in [2.45, 2.75) is 0 Å². The minimum atomic E-state index is -0.290. The summed E-state index contributed by atoms with van der Waals surface area (Å²) in [5, 5.41) is 2.86. The molecule has 0 saturated carbocycles. The summed E-state index contributed by atoms with van der Waals surface area (Å²) in [4.78, 5) is 0. The lowest BCUT2D eigenvalue weighted by Gasteiger charge is -1.98. The third-order valence-electron chi connectivity index (χ3n) is 2.01. The van der Waals surface area contributed by atoms with Crippen molar-refractivity contribution in [1.29, 1.82) is 0 Å². The van der Waals surface area contributed by atoms with Crippen molar-refractivity contribution in [1.82, 2.24) is 0 Å². The predicted octanol–water partition coefficient (Wildman–Crippen LogP) is 0.606. The van der Waals surface area contributed by atoms with Gasteiger partial charge in [-0.2, -0.15) is 0 Å². The van der Waals surface area contributed by atoms with Crippen LogP contribution in [0.1, 0.15) is 0 Å². The zero-order chi connectivity index (χ0) is 8.93. The van der Waals surface area contributed by atoms with E-state index in [0.717, 1.165) is 0 Å². The van der Waals surface area contributed by atoms with E-state index in [9.17, 15) is 0 Å². The largest absolute Gasteiger partial charge is 0.0883 e. The maximum Gasteiger partial charge on any atom is 0.0883 e. The summed E-state index contributed by atoms with van der Waals surface area (Å²) in [6.07, 6.45) is 0. The third-order valence-corrected chi connectivity index (χ3v) is 3.71. The van der Waals surface area contributed by atoms with E-state index in [1.54, 1.807) is 0 Å². The standard InChI is InChI=1S/C12H11Si/c1-3-7-11(8-4-1)13-12-9-5-2-6-10-12/h1-9H,13H2. The Labute approximate surface area is 81.1 Å². The topological polar surface area (TPSA) is 0 Å². The molecule has 0 bridgehead atoms. The van der Waals surface area contributed by atoms with Gasteiger partial charge in [-0.3, -0.25) is 0 Å². The summed E-state index contributed by atoms with van der Waals surface area (Å²) >= 11 is 0. The molecule has 0 spiro atoms. The minimum absolute atomic E-state index is 0.290. The van der Waals surface area contributed by atoms with Crippen LogP contribution >= 0.6 is 0 Å². The van der Waals surface area contributed by atoms with E-state index >= 15 is 0 Å². The first kappa shape index (κ1) is 8.26. The lowest BCUT2D eigenvalue weighted by molar-refractivity contribution is 1.74. The van der Waals surface area contributed by atoms with Crippen LogP contribution in [-0.2, 0) is 0 Å². The molecule has 0 heterocycles. The molecule has 1 radical (unpaired) electrons. The molecule has 2 rings (SSSR count). The van der Waals surface area contributed by atoms with Gasteiger partial charge in [0.1, 0.15) is 0 Å². The summed E-state index contributed by atoms with van der Waals surface area (Å²) in [5.74, 6) is 0. The van der Waals surface area contributed by atoms with Gasteiger partial charge in [0.15, 0.2) is 0 Å². The minimum Gasteiger partial charge on any atom is -0.0633 e. The van der Waals surface area contributed by atoms with Crippen LogP contribution in [0.15, 0.2) is 54.6 Å². The first-order chi connectivity index (χ1) is 6.45. The van der Waals surface area contributed by atoms with Crippen molar-refractivity contribution in [3.8, 4) is 0 Å². The Morgan fingerprint density at radius 2 is 1.62 bits per heavy atom. The van der Waals surface area contributed by atoms with E-state index in [1.807, 2.05) is 12.1 Å². The van der Waals surface area contributed by atoms with Crippen LogP contribution in [0.4, 0.5) is 0 Å². The Morgan fingerprint density at radius 1 is 0.846 bits per heavy atom. The van der Waals surface area contributed by atoms with Crippen molar-refractivity contribution < 1.29 is 0 Å². The SMILES string of the molecule is [c]1ccccc1[SiH2]c1ccccc1. The van der Waals surface area contributed by atoms with Crippen molar-refractivity contribution in [3.63, 3.8) is 0 Å². The van der Waals surface area contributed by atoms with Crippen molar-refractivity contribution in [2.24, 2.45) is 0 Å². The molecular formula is C12H11Si. The van der Waals surface area contributed by atoms with Gasteiger partial charge >= 0.3 is 0 Å². The zero-order valence-corrected chi connectivity index (χ0v) is 8.82. The summed E-state index contributed by atoms with van der Waals surface area (Å²) in [6, 6.07) is 22.2. The molecule has 0 atom stereocenters. The van der Waals surface area contributed by atoms with E-state index in [2.05, 4.69) is 48.5 Å². The van der Waals surface area contributed by atoms with E-state index in [1.165, 1.54) is 10.4 Å². The molecule has 0 aliphatic heterocycles. The molecule has 0 N–H and O–H groups in total. The summed E-state index contributed by atoms with van der Waals surface area (Å²) in [6.45, 7) is 0. The van der Waals surface area contributed by atoms with Gasteiger partial charge in [0.2, 0.25) is 0 Å². The fourth-order valence-corrected chi connectivity index (χ4v) is 2.78. The van der Waals surface area contributed by atoms with Crippen molar-refractivity contribution >= 4 is 19.9 Å². The van der Waals surface area contributed by atoms with Crippen LogP contribution in [0, 0.1) is 6.07 Å². The zero-order valence-electron chi connectivity index (χ0n) is 7.40. The Bertz CT molecular complexity index is 316. The normalized spacial score (nSPS) is 9.85. The Balaban J connectivity index is 2.16. The lowest BCUT2D eigenvalue weighted by Crippen LogP contribution is -2.26. The van der Waals surface area contributed by atoms with E-state index < -0.39 is 0 Å². The molecule has 0 aromatic heterocycles. The van der Waals surface area contributed by atoms with Crippen LogP contribution in [-0.4, -0.2) is 9.52 Å². The predicted molar refractivity (Wildman–Crippen MR) is 59.5 cm³/mol. The van der Waals surface area contributed by atoms with Gasteiger partial charge in [-0.05, 0) is 6.07 Å². The lowest BCUT2D eigenvalue weighted by atomic mass is 10.4. The Kier molecular flexibility index (Phi) is 2.58. The monoisotopic (exact) mass is 183 g/mol. The van der Waals surface area contributed by atoms with E-state index in [-0.39, 0.29) is 9.52 Å². The molecule has 0 unspecified atom stereocenters. The number of hydrogen-bond acceptors (Lipinski definition) is 0. The van der Waals surface area contributed by atoms with Gasteiger partial charge in [0, 0.05) is 0 Å². The average molecular weight is 183 g/mol. The molecule has 1 heteroatoms. The first-order valence-corrected chi connectivity index (χ1v) is 5.86. The Hall–Kier alpha value is -1.34. The van der Waals surface area contributed by atoms with E-state index in [4.69, 9.17) is 0 Å². The van der Waals surface area contributed by atoms with Gasteiger partial charge in [0.05, 0.1) is 9.52 Å². The van der Waals surface area contributed by atoms with Crippen LogP contribution in [0.2, 0.25) is 0 Å². The third kappa shape index (κ3) is 2.29. The second-order valence-electron chi connectivity index (χ2n) is 3.05. The van der Waals surface area contributed by atoms with Crippen LogP contribution in [0.3, 0.4) is 0 Å². The molecule has 0 fully saturated rings. The van der Waals surface area contributed by atoms with E-state index in [0.29, 0.717) is 0 Å². The molecule has 2 aromatic rings. The number of hydrogen-bond donors (Lipinski definition) is 0. The molecular weight excluding hydrogens is 172 g/mol. The highest BCUT2D eigenvalue weighted by atomic mass is 28.2. The van der Waals surface area contributed by atoms with Crippen molar-refractivity contribution in [3.05, 3.63) is 60.7 Å². The molecule has 2 aromatic carbocycles. The van der Waals surface area contributed by atoms with Gasteiger partial charge in [-0.1, -0.05) is 65.0 Å². The molecule has 0 saturated heterocycles. The van der Waals surface area contributed by atoms with Crippen molar-refractivity contribution in [2.75, 3.05) is 0 Å². The second-order valence-corrected chi connectivity index (χ2v) is 4.98. The fraction of sp³-hybridized carbons (Fsp3) is 0. The average Bonchev–Trinajstić information content (AvgIpc) is 2.21. The highest BCUT2D eigenvalue weighted by Gasteiger charge is 1.94.